The molecular formula is C6H8BFO2. The van der Waals surface area contributed by atoms with Crippen LogP contribution in [-0.4, -0.2) is 23.3 Å². The Morgan fingerprint density at radius 2 is 2.30 bits per heavy atom. The van der Waals surface area contributed by atoms with Gasteiger partial charge in [-0.05, 0) is 5.47 Å². The van der Waals surface area contributed by atoms with Gasteiger partial charge in [0.15, 0.2) is 0 Å². The SMILES string of the molecule is OB(O)C1=CCC(F)C=C1. The number of halogens is 1. The molecule has 1 aliphatic rings. The van der Waals surface area contributed by atoms with Crippen molar-refractivity contribution in [1.29, 1.82) is 0 Å². The van der Waals surface area contributed by atoms with Crippen LogP contribution in [0.4, 0.5) is 4.39 Å². The number of allylic oxidation sites excluding steroid dienone is 4. The van der Waals surface area contributed by atoms with Crippen molar-refractivity contribution in [1.82, 2.24) is 0 Å². The Balaban J connectivity index is 2.59. The van der Waals surface area contributed by atoms with Crippen LogP contribution in [0.2, 0.25) is 0 Å². The van der Waals surface area contributed by atoms with Crippen LogP contribution < -0.4 is 0 Å². The molecule has 2 N–H and O–H groups in total. The molecule has 2 nitrogen and oxygen atoms in total. The fraction of sp³-hybridized carbons (Fsp3) is 0.333. The van der Waals surface area contributed by atoms with Crippen molar-refractivity contribution in [2.24, 2.45) is 0 Å². The van der Waals surface area contributed by atoms with E-state index in [1.807, 2.05) is 0 Å². The van der Waals surface area contributed by atoms with Gasteiger partial charge >= 0.3 is 7.12 Å². The minimum Gasteiger partial charge on any atom is -0.423 e. The van der Waals surface area contributed by atoms with Crippen molar-refractivity contribution >= 4 is 7.12 Å². The van der Waals surface area contributed by atoms with E-state index in [-0.39, 0.29) is 6.42 Å². The zero-order chi connectivity index (χ0) is 7.56. The van der Waals surface area contributed by atoms with Crippen molar-refractivity contribution in [2.75, 3.05) is 0 Å². The van der Waals surface area contributed by atoms with Crippen molar-refractivity contribution in [3.8, 4) is 0 Å². The first-order chi connectivity index (χ1) is 4.70. The quantitative estimate of drug-likeness (QED) is 0.514. The lowest BCUT2D eigenvalue weighted by molar-refractivity contribution is 0.396. The maximum absolute atomic E-state index is 12.3. The van der Waals surface area contributed by atoms with Gasteiger partial charge in [-0.2, -0.15) is 0 Å². The molecule has 0 amide bonds. The third-order valence-corrected chi connectivity index (χ3v) is 1.37. The van der Waals surface area contributed by atoms with Gasteiger partial charge in [-0.25, -0.2) is 4.39 Å². The van der Waals surface area contributed by atoms with Crippen molar-refractivity contribution in [3.05, 3.63) is 23.7 Å². The Morgan fingerprint density at radius 1 is 1.60 bits per heavy atom. The van der Waals surface area contributed by atoms with Gasteiger partial charge in [0, 0.05) is 6.42 Å². The molecule has 0 saturated heterocycles. The third-order valence-electron chi connectivity index (χ3n) is 1.37. The van der Waals surface area contributed by atoms with E-state index in [0.717, 1.165) is 0 Å². The average molecular weight is 142 g/mol. The van der Waals surface area contributed by atoms with Gasteiger partial charge in [-0.15, -0.1) is 0 Å². The highest BCUT2D eigenvalue weighted by Gasteiger charge is 2.15. The molecule has 0 aliphatic heterocycles. The highest BCUT2D eigenvalue weighted by molar-refractivity contribution is 6.51. The van der Waals surface area contributed by atoms with Crippen LogP contribution in [0.1, 0.15) is 6.42 Å². The van der Waals surface area contributed by atoms with E-state index in [2.05, 4.69) is 0 Å². The molecule has 0 radical (unpaired) electrons. The Kier molecular flexibility index (Phi) is 2.24. The Labute approximate surface area is 58.8 Å². The highest BCUT2D eigenvalue weighted by atomic mass is 19.1. The molecule has 1 atom stereocenters. The lowest BCUT2D eigenvalue weighted by Crippen LogP contribution is -2.16. The van der Waals surface area contributed by atoms with Gasteiger partial charge in [-0.3, -0.25) is 0 Å². The van der Waals surface area contributed by atoms with Crippen LogP contribution in [0.3, 0.4) is 0 Å². The molecule has 54 valence electrons. The van der Waals surface area contributed by atoms with E-state index in [1.165, 1.54) is 18.2 Å². The smallest absolute Gasteiger partial charge is 0.423 e. The normalized spacial score (nSPS) is 24.3. The molecule has 1 rings (SSSR count). The summed E-state index contributed by atoms with van der Waals surface area (Å²) < 4.78 is 12.3. The standard InChI is InChI=1S/C6H8BFO2/c8-6-3-1-5(2-4-6)7(9)10/h1-3,6,9-10H,4H2. The molecule has 10 heavy (non-hydrogen) atoms. The molecule has 0 heterocycles. The monoisotopic (exact) mass is 142 g/mol. The zero-order valence-electron chi connectivity index (χ0n) is 5.37. The van der Waals surface area contributed by atoms with E-state index in [4.69, 9.17) is 10.0 Å². The van der Waals surface area contributed by atoms with Crippen molar-refractivity contribution in [3.63, 3.8) is 0 Å². The Hall–Kier alpha value is -0.605. The number of rotatable bonds is 1. The predicted octanol–water partition coefficient (Wildman–Crippen LogP) is 0.223. The second kappa shape index (κ2) is 2.99. The van der Waals surface area contributed by atoms with Crippen LogP contribution in [0, 0.1) is 0 Å². The summed E-state index contributed by atoms with van der Waals surface area (Å²) in [6.07, 6.45) is 3.45. The number of hydrogen-bond donors (Lipinski definition) is 2. The molecule has 0 aromatic heterocycles. The summed E-state index contributed by atoms with van der Waals surface area (Å²) in [6, 6.07) is 0. The van der Waals surface area contributed by atoms with Gasteiger partial charge in [0.1, 0.15) is 6.17 Å². The maximum Gasteiger partial charge on any atom is 0.488 e. The van der Waals surface area contributed by atoms with Crippen LogP contribution in [0.5, 0.6) is 0 Å². The first kappa shape index (κ1) is 7.50. The van der Waals surface area contributed by atoms with E-state index < -0.39 is 13.3 Å². The predicted molar refractivity (Wildman–Crippen MR) is 36.9 cm³/mol. The molecule has 0 bridgehead atoms. The summed E-state index contributed by atoms with van der Waals surface area (Å²) in [5, 5.41) is 17.2. The minimum atomic E-state index is -1.47. The summed E-state index contributed by atoms with van der Waals surface area (Å²) in [5.41, 5.74) is 0.369. The van der Waals surface area contributed by atoms with Gasteiger partial charge in [0.05, 0.1) is 0 Å². The molecule has 1 unspecified atom stereocenters. The largest absolute Gasteiger partial charge is 0.488 e. The first-order valence-electron chi connectivity index (χ1n) is 3.08. The molecule has 0 aromatic rings. The molecule has 0 fully saturated rings. The maximum atomic E-state index is 12.3. The molecule has 0 saturated carbocycles. The summed E-state index contributed by atoms with van der Waals surface area (Å²) in [7, 11) is -1.47. The molecule has 1 aliphatic carbocycles. The fourth-order valence-electron chi connectivity index (χ4n) is 0.802. The van der Waals surface area contributed by atoms with Gasteiger partial charge in [0.25, 0.3) is 0 Å². The first-order valence-corrected chi connectivity index (χ1v) is 3.08. The van der Waals surface area contributed by atoms with Crippen LogP contribution in [0.15, 0.2) is 23.7 Å². The van der Waals surface area contributed by atoms with Gasteiger partial charge < -0.3 is 10.0 Å². The van der Waals surface area contributed by atoms with Crippen LogP contribution in [-0.2, 0) is 0 Å². The second-order valence-electron chi connectivity index (χ2n) is 2.19. The molecule has 4 heteroatoms. The van der Waals surface area contributed by atoms with Crippen LogP contribution in [0.25, 0.3) is 0 Å². The van der Waals surface area contributed by atoms with E-state index in [1.54, 1.807) is 0 Å². The summed E-state index contributed by atoms with van der Waals surface area (Å²) in [5.74, 6) is 0. The number of alkyl halides is 1. The van der Waals surface area contributed by atoms with E-state index in [9.17, 15) is 4.39 Å². The summed E-state index contributed by atoms with van der Waals surface area (Å²) in [6.45, 7) is 0. The summed E-state index contributed by atoms with van der Waals surface area (Å²) in [4.78, 5) is 0. The topological polar surface area (TPSA) is 40.5 Å². The Morgan fingerprint density at radius 3 is 2.70 bits per heavy atom. The zero-order valence-corrected chi connectivity index (χ0v) is 5.37. The lowest BCUT2D eigenvalue weighted by Gasteiger charge is -2.07. The Bertz CT molecular complexity index is 177. The summed E-state index contributed by atoms with van der Waals surface area (Å²) >= 11 is 0. The average Bonchev–Trinajstić information content (AvgIpc) is 1.88. The number of hydrogen-bond acceptors (Lipinski definition) is 2. The molecular weight excluding hydrogens is 134 g/mol. The third kappa shape index (κ3) is 1.69. The molecule has 0 spiro atoms. The van der Waals surface area contributed by atoms with Gasteiger partial charge in [-0.1, -0.05) is 18.2 Å². The van der Waals surface area contributed by atoms with E-state index in [0.29, 0.717) is 5.47 Å². The van der Waals surface area contributed by atoms with Crippen molar-refractivity contribution < 1.29 is 14.4 Å². The highest BCUT2D eigenvalue weighted by Crippen LogP contribution is 2.13. The minimum absolute atomic E-state index is 0.240. The van der Waals surface area contributed by atoms with E-state index >= 15 is 0 Å². The van der Waals surface area contributed by atoms with Gasteiger partial charge in [0.2, 0.25) is 0 Å². The fourth-order valence-corrected chi connectivity index (χ4v) is 0.802. The van der Waals surface area contributed by atoms with Crippen molar-refractivity contribution in [2.45, 2.75) is 12.6 Å². The molecule has 0 aromatic carbocycles. The lowest BCUT2D eigenvalue weighted by atomic mass is 9.77. The second-order valence-corrected chi connectivity index (χ2v) is 2.19. The van der Waals surface area contributed by atoms with Crippen LogP contribution >= 0.6 is 0 Å².